The molecule has 0 saturated carbocycles. The molecule has 2 aromatic heterocycles. The van der Waals surface area contributed by atoms with Gasteiger partial charge in [0.2, 0.25) is 10.0 Å². The highest BCUT2D eigenvalue weighted by Gasteiger charge is 2.21. The van der Waals surface area contributed by atoms with E-state index in [-0.39, 0.29) is 30.3 Å². The molecule has 0 spiro atoms. The van der Waals surface area contributed by atoms with Crippen LogP contribution in [0.5, 0.6) is 0 Å². The van der Waals surface area contributed by atoms with E-state index in [1.54, 1.807) is 18.2 Å². The first-order valence-corrected chi connectivity index (χ1v) is 10.9. The van der Waals surface area contributed by atoms with Crippen LogP contribution in [0.25, 0.3) is 10.4 Å². The predicted molar refractivity (Wildman–Crippen MR) is 117 cm³/mol. The molecule has 0 saturated heterocycles. The summed E-state index contributed by atoms with van der Waals surface area (Å²) in [7, 11) is -2.22. The molecule has 2 heterocycles. The van der Waals surface area contributed by atoms with E-state index in [2.05, 4.69) is 14.9 Å². The Balaban J connectivity index is 0.00000320. The molecule has 162 valence electrons. The number of H-pyrrole nitrogens is 1. The molecular weight excluding hydrogens is 453 g/mol. The molecule has 1 atom stereocenters. The maximum absolute atomic E-state index is 13.1. The predicted octanol–water partition coefficient (Wildman–Crippen LogP) is 2.42. The summed E-state index contributed by atoms with van der Waals surface area (Å²) in [4.78, 5) is 13.8. The Kier molecular flexibility index (Phi) is 8.10. The normalized spacial score (nSPS) is 13.1. The van der Waals surface area contributed by atoms with Crippen molar-refractivity contribution in [3.8, 4) is 10.4 Å². The van der Waals surface area contributed by atoms with Crippen LogP contribution in [-0.2, 0) is 10.0 Å². The van der Waals surface area contributed by atoms with Crippen LogP contribution in [0.3, 0.4) is 0 Å². The van der Waals surface area contributed by atoms with E-state index in [1.165, 1.54) is 35.3 Å². The summed E-state index contributed by atoms with van der Waals surface area (Å²) in [5.74, 6) is 0. The molecular formula is C18H21ClFN5O3S2. The smallest absolute Gasteiger partial charge is 0.327 e. The molecule has 1 unspecified atom stereocenters. The minimum Gasteiger partial charge on any atom is -0.327 e. The van der Waals surface area contributed by atoms with E-state index in [0.717, 1.165) is 15.3 Å². The van der Waals surface area contributed by atoms with Gasteiger partial charge in [-0.05, 0) is 48.9 Å². The quantitative estimate of drug-likeness (QED) is 0.463. The first-order valence-electron chi connectivity index (χ1n) is 8.63. The average molecular weight is 474 g/mol. The topological polar surface area (TPSA) is 123 Å². The summed E-state index contributed by atoms with van der Waals surface area (Å²) < 4.78 is 40.9. The van der Waals surface area contributed by atoms with Crippen LogP contribution in [0.2, 0.25) is 0 Å². The van der Waals surface area contributed by atoms with E-state index < -0.39 is 21.8 Å². The van der Waals surface area contributed by atoms with Gasteiger partial charge in [0.05, 0.1) is 17.3 Å². The second-order valence-corrected chi connectivity index (χ2v) is 9.20. The number of sulfonamides is 1. The third kappa shape index (κ3) is 5.05. The van der Waals surface area contributed by atoms with Crippen LogP contribution < -0.4 is 16.1 Å². The van der Waals surface area contributed by atoms with Crippen LogP contribution in [0.15, 0.2) is 64.3 Å². The van der Waals surface area contributed by atoms with Gasteiger partial charge in [-0.15, -0.1) is 23.7 Å². The zero-order valence-electron chi connectivity index (χ0n) is 15.9. The van der Waals surface area contributed by atoms with E-state index >= 15 is 0 Å². The van der Waals surface area contributed by atoms with Crippen molar-refractivity contribution in [2.75, 3.05) is 13.6 Å². The number of rotatable bonds is 8. The Morgan fingerprint density at radius 1 is 1.40 bits per heavy atom. The third-order valence-electron chi connectivity index (χ3n) is 4.44. The van der Waals surface area contributed by atoms with Gasteiger partial charge in [-0.3, -0.25) is 4.57 Å². The van der Waals surface area contributed by atoms with Crippen molar-refractivity contribution >= 4 is 33.8 Å². The SMILES string of the molecule is CNS(=O)(=O)c1cccc(-c2ccc(C(C/C(=C\F)CN)n3cn[nH]c3=O)s2)c1.Cl. The van der Waals surface area contributed by atoms with Crippen molar-refractivity contribution in [1.82, 2.24) is 19.5 Å². The number of thiophene rings is 1. The number of aromatic amines is 1. The van der Waals surface area contributed by atoms with Crippen LogP contribution >= 0.6 is 23.7 Å². The number of hydrogen-bond acceptors (Lipinski definition) is 6. The van der Waals surface area contributed by atoms with Crippen molar-refractivity contribution in [2.24, 2.45) is 5.73 Å². The van der Waals surface area contributed by atoms with Crippen LogP contribution in [0.1, 0.15) is 17.3 Å². The van der Waals surface area contributed by atoms with Gasteiger partial charge in [-0.25, -0.2) is 27.4 Å². The van der Waals surface area contributed by atoms with Gasteiger partial charge in [0.1, 0.15) is 6.33 Å². The fourth-order valence-corrected chi connectivity index (χ4v) is 4.74. The van der Waals surface area contributed by atoms with Gasteiger partial charge < -0.3 is 5.73 Å². The average Bonchev–Trinajstić information content (AvgIpc) is 3.39. The van der Waals surface area contributed by atoms with Gasteiger partial charge in [-0.1, -0.05) is 12.1 Å². The van der Waals surface area contributed by atoms with Crippen molar-refractivity contribution in [1.29, 1.82) is 0 Å². The third-order valence-corrected chi connectivity index (χ3v) is 7.08. The van der Waals surface area contributed by atoms with Crippen LogP contribution in [0.4, 0.5) is 4.39 Å². The second-order valence-electron chi connectivity index (χ2n) is 6.20. The lowest BCUT2D eigenvalue weighted by Crippen LogP contribution is -2.23. The lowest BCUT2D eigenvalue weighted by atomic mass is 10.1. The number of benzene rings is 1. The summed E-state index contributed by atoms with van der Waals surface area (Å²) in [5, 5.41) is 6.09. The molecule has 30 heavy (non-hydrogen) atoms. The van der Waals surface area contributed by atoms with E-state index in [4.69, 9.17) is 5.73 Å². The number of nitrogens with one attached hydrogen (secondary N) is 2. The summed E-state index contributed by atoms with van der Waals surface area (Å²) in [5.41, 5.74) is 6.25. The second kappa shape index (κ2) is 10.1. The number of halogens is 2. The van der Waals surface area contributed by atoms with Crippen LogP contribution in [-0.4, -0.2) is 36.8 Å². The zero-order chi connectivity index (χ0) is 21.0. The maximum atomic E-state index is 13.1. The molecule has 0 radical (unpaired) electrons. The number of nitrogens with zero attached hydrogens (tertiary/aromatic N) is 2. The molecule has 12 heteroatoms. The van der Waals surface area contributed by atoms with Crippen molar-refractivity contribution < 1.29 is 12.8 Å². The lowest BCUT2D eigenvalue weighted by molar-refractivity contribution is 0.556. The standard InChI is InChI=1S/C18H20FN5O3S2.ClH/c1-21-29(26,27)14-4-2-3-13(8-14)16-5-6-17(28-16)15(7-12(9-19)10-20)24-11-22-23-18(24)25;/h2-6,8-9,11,15,21H,7,10,20H2,1H3,(H,23,25);1H/b12-9+;. The number of aromatic nitrogens is 3. The Labute approximate surface area is 183 Å². The van der Waals surface area contributed by atoms with E-state index in [0.29, 0.717) is 11.9 Å². The lowest BCUT2D eigenvalue weighted by Gasteiger charge is -2.16. The van der Waals surface area contributed by atoms with E-state index in [1.807, 2.05) is 12.1 Å². The highest BCUT2D eigenvalue weighted by molar-refractivity contribution is 7.89. The highest BCUT2D eigenvalue weighted by atomic mass is 35.5. The Hall–Kier alpha value is -2.31. The number of nitrogens with two attached hydrogens (primary N) is 1. The molecule has 0 fully saturated rings. The van der Waals surface area contributed by atoms with Gasteiger partial charge in [0.25, 0.3) is 0 Å². The molecule has 3 rings (SSSR count). The van der Waals surface area contributed by atoms with Gasteiger partial charge in [0.15, 0.2) is 0 Å². The maximum Gasteiger partial charge on any atom is 0.343 e. The fraction of sp³-hybridized carbons (Fsp3) is 0.222. The molecule has 8 nitrogen and oxygen atoms in total. The monoisotopic (exact) mass is 473 g/mol. The van der Waals surface area contributed by atoms with Crippen molar-refractivity contribution in [3.63, 3.8) is 0 Å². The molecule has 0 aliphatic carbocycles. The molecule has 3 aromatic rings. The number of hydrogen-bond donors (Lipinski definition) is 3. The first kappa shape index (κ1) is 24.0. The molecule has 0 aliphatic rings. The fourth-order valence-electron chi connectivity index (χ4n) is 2.86. The highest BCUT2D eigenvalue weighted by Crippen LogP contribution is 2.35. The van der Waals surface area contributed by atoms with Crippen molar-refractivity contribution in [3.05, 3.63) is 70.0 Å². The Morgan fingerprint density at radius 3 is 2.77 bits per heavy atom. The summed E-state index contributed by atoms with van der Waals surface area (Å²) >= 11 is 1.38. The summed E-state index contributed by atoms with van der Waals surface area (Å²) in [6, 6.07) is 9.73. The molecule has 1 aromatic carbocycles. The Bertz CT molecular complexity index is 1190. The van der Waals surface area contributed by atoms with Gasteiger partial charge >= 0.3 is 5.69 Å². The summed E-state index contributed by atoms with van der Waals surface area (Å²) in [6.45, 7) is 0.0295. The van der Waals surface area contributed by atoms with Crippen LogP contribution in [0, 0.1) is 0 Å². The molecule has 0 amide bonds. The molecule has 0 bridgehead atoms. The van der Waals surface area contributed by atoms with Crippen molar-refractivity contribution in [2.45, 2.75) is 17.4 Å². The Morgan fingerprint density at radius 2 is 2.17 bits per heavy atom. The minimum atomic E-state index is -3.57. The van der Waals surface area contributed by atoms with E-state index in [9.17, 15) is 17.6 Å². The van der Waals surface area contributed by atoms with Gasteiger partial charge in [0, 0.05) is 16.3 Å². The largest absolute Gasteiger partial charge is 0.343 e. The molecule has 0 aliphatic heterocycles. The zero-order valence-corrected chi connectivity index (χ0v) is 18.4. The molecule has 4 N–H and O–H groups in total. The van der Waals surface area contributed by atoms with Gasteiger partial charge in [-0.2, -0.15) is 5.10 Å². The first-order chi connectivity index (χ1) is 13.9. The summed E-state index contributed by atoms with van der Waals surface area (Å²) in [6.07, 6.45) is 2.03. The minimum absolute atomic E-state index is 0.